The van der Waals surface area contributed by atoms with Crippen LogP contribution >= 0.6 is 0 Å². The van der Waals surface area contributed by atoms with E-state index in [0.29, 0.717) is 11.1 Å². The van der Waals surface area contributed by atoms with Crippen molar-refractivity contribution in [3.63, 3.8) is 0 Å². The van der Waals surface area contributed by atoms with Crippen LogP contribution in [0.2, 0.25) is 0 Å². The van der Waals surface area contributed by atoms with Gasteiger partial charge in [-0.3, -0.25) is 14.9 Å². The Morgan fingerprint density at radius 1 is 0.600 bits per heavy atom. The molecule has 0 saturated heterocycles. The molecule has 35 heavy (non-hydrogen) atoms. The number of fused-ring (bicyclic) bond motifs is 12. The average molecular weight is 468 g/mol. The first-order valence-corrected chi connectivity index (χ1v) is 12.1. The van der Waals surface area contributed by atoms with E-state index in [2.05, 4.69) is 50.5 Å². The van der Waals surface area contributed by atoms with Crippen molar-refractivity contribution in [3.05, 3.63) is 72.1 Å². The minimum atomic E-state index is -0.331. The van der Waals surface area contributed by atoms with Crippen molar-refractivity contribution in [1.82, 2.24) is 24.3 Å². The molecule has 4 heterocycles. The predicted octanol–water partition coefficient (Wildman–Crippen LogP) is 3.04. The number of nitrogens with one attached hydrogen (secondary N) is 1. The third-order valence-corrected chi connectivity index (χ3v) is 7.36. The maximum atomic E-state index is 13.2. The maximum Gasteiger partial charge on any atom is 0.259 e. The maximum absolute atomic E-state index is 13.2. The molecule has 0 fully saturated rings. The van der Waals surface area contributed by atoms with Crippen LogP contribution in [0.3, 0.4) is 0 Å². The molecule has 0 atom stereocenters. The smallest absolute Gasteiger partial charge is 0.259 e. The molecule has 2 aromatic heterocycles. The summed E-state index contributed by atoms with van der Waals surface area (Å²) in [5, 5.41) is 4.56. The Morgan fingerprint density at radius 2 is 1.00 bits per heavy atom. The largest absolute Gasteiger partial charge is 0.346 e. The summed E-state index contributed by atoms with van der Waals surface area (Å²) in [5.41, 5.74) is 4.68. The second-order valence-corrected chi connectivity index (χ2v) is 9.65. The Balaban J connectivity index is 1.63. The molecule has 7 heteroatoms. The van der Waals surface area contributed by atoms with Gasteiger partial charge in [-0.05, 0) is 26.2 Å². The van der Waals surface area contributed by atoms with Crippen LogP contribution in [0.25, 0.3) is 33.0 Å². The molecule has 6 rings (SSSR count). The highest BCUT2D eigenvalue weighted by Crippen LogP contribution is 2.39. The van der Waals surface area contributed by atoms with Gasteiger partial charge >= 0.3 is 0 Å². The third-order valence-electron chi connectivity index (χ3n) is 7.36. The van der Waals surface area contributed by atoms with E-state index in [0.717, 1.165) is 72.2 Å². The first-order chi connectivity index (χ1) is 17.0. The molecule has 2 amide bonds. The molecule has 7 nitrogen and oxygen atoms in total. The molecule has 0 spiro atoms. The fourth-order valence-corrected chi connectivity index (χ4v) is 5.35. The van der Waals surface area contributed by atoms with E-state index in [4.69, 9.17) is 0 Å². The predicted molar refractivity (Wildman–Crippen MR) is 139 cm³/mol. The molecule has 0 aliphatic carbocycles. The lowest BCUT2D eigenvalue weighted by Gasteiger charge is -2.22. The minimum absolute atomic E-state index is 0.331. The van der Waals surface area contributed by atoms with Gasteiger partial charge in [0, 0.05) is 84.6 Å². The van der Waals surface area contributed by atoms with Gasteiger partial charge in [-0.25, -0.2) is 0 Å². The SMILES string of the molecule is CN1CCN(C)CCn2cc(c3ccccc32)C2=C(C(=O)NC2=O)c2cn(c3ccccc23)CC1. The van der Waals surface area contributed by atoms with Gasteiger partial charge in [0.15, 0.2) is 0 Å². The monoisotopic (exact) mass is 467 g/mol. The highest BCUT2D eigenvalue weighted by atomic mass is 16.2. The van der Waals surface area contributed by atoms with E-state index in [1.807, 2.05) is 48.8 Å². The van der Waals surface area contributed by atoms with E-state index in [9.17, 15) is 9.59 Å². The van der Waals surface area contributed by atoms with Gasteiger partial charge in [0.2, 0.25) is 0 Å². The van der Waals surface area contributed by atoms with Crippen molar-refractivity contribution in [2.24, 2.45) is 0 Å². The zero-order chi connectivity index (χ0) is 24.1. The number of carbonyl (C=O) groups excluding carboxylic acids is 2. The van der Waals surface area contributed by atoms with Crippen LogP contribution in [0.5, 0.6) is 0 Å². The standard InChI is InChI=1S/C28H29N5O2/c1-30-11-12-31(2)14-16-33-18-22(20-8-4-6-10-24(20)33)26-25(27(34)29-28(26)35)21-17-32(15-13-30)23-9-5-3-7-19(21)23/h3-10,17-18H,11-16H2,1-2H3,(H,29,34,35). The quantitative estimate of drug-likeness (QED) is 0.404. The van der Waals surface area contributed by atoms with E-state index in [1.54, 1.807) is 0 Å². The molecule has 0 radical (unpaired) electrons. The first kappa shape index (κ1) is 21.8. The van der Waals surface area contributed by atoms with Crippen LogP contribution in [-0.2, 0) is 22.7 Å². The number of rotatable bonds is 0. The third kappa shape index (κ3) is 3.68. The Bertz CT molecular complexity index is 1400. The number of benzene rings is 2. The molecule has 2 aliphatic heterocycles. The topological polar surface area (TPSA) is 62.5 Å². The van der Waals surface area contributed by atoms with Crippen LogP contribution in [0, 0.1) is 0 Å². The number of hydrogen-bond donors (Lipinski definition) is 1. The number of carbonyl (C=O) groups is 2. The van der Waals surface area contributed by atoms with Crippen molar-refractivity contribution < 1.29 is 9.59 Å². The van der Waals surface area contributed by atoms with Crippen LogP contribution in [0.15, 0.2) is 60.9 Å². The molecular weight excluding hydrogens is 438 g/mol. The zero-order valence-corrected chi connectivity index (χ0v) is 20.1. The van der Waals surface area contributed by atoms with Crippen LogP contribution < -0.4 is 5.32 Å². The fraction of sp³-hybridized carbons (Fsp3) is 0.286. The van der Waals surface area contributed by atoms with Crippen LogP contribution in [-0.4, -0.2) is 71.0 Å². The van der Waals surface area contributed by atoms with Crippen LogP contribution in [0.4, 0.5) is 0 Å². The van der Waals surface area contributed by atoms with E-state index in [1.165, 1.54) is 0 Å². The molecule has 0 unspecified atom stereocenters. The lowest BCUT2D eigenvalue weighted by Crippen LogP contribution is -2.34. The molecule has 0 saturated carbocycles. The van der Waals surface area contributed by atoms with Gasteiger partial charge in [0.25, 0.3) is 11.8 Å². The summed E-state index contributed by atoms with van der Waals surface area (Å²) >= 11 is 0. The normalized spacial score (nSPS) is 18.5. The van der Waals surface area contributed by atoms with Crippen molar-refractivity contribution in [2.75, 3.05) is 40.3 Å². The van der Waals surface area contributed by atoms with E-state index in [-0.39, 0.29) is 11.8 Å². The Morgan fingerprint density at radius 3 is 1.46 bits per heavy atom. The number of hydrogen-bond acceptors (Lipinski definition) is 4. The number of imide groups is 1. The summed E-state index contributed by atoms with van der Waals surface area (Å²) in [6.07, 6.45) is 4.09. The summed E-state index contributed by atoms with van der Waals surface area (Å²) < 4.78 is 4.42. The van der Waals surface area contributed by atoms with Gasteiger partial charge in [-0.15, -0.1) is 0 Å². The molecule has 4 aromatic rings. The van der Waals surface area contributed by atoms with Gasteiger partial charge in [-0.2, -0.15) is 0 Å². The summed E-state index contributed by atoms with van der Waals surface area (Å²) in [5.74, 6) is -0.662. The van der Waals surface area contributed by atoms with Crippen LogP contribution in [0.1, 0.15) is 11.1 Å². The summed E-state index contributed by atoms with van der Waals surface area (Å²) in [6.45, 7) is 5.35. The van der Waals surface area contributed by atoms with Crippen molar-refractivity contribution in [1.29, 1.82) is 0 Å². The molecule has 1 N–H and O–H groups in total. The first-order valence-electron chi connectivity index (χ1n) is 12.1. The van der Waals surface area contributed by atoms with Gasteiger partial charge < -0.3 is 18.9 Å². The van der Waals surface area contributed by atoms with Gasteiger partial charge in [0.1, 0.15) is 0 Å². The lowest BCUT2D eigenvalue weighted by molar-refractivity contribution is -0.122. The Kier molecular flexibility index (Phi) is 5.31. The van der Waals surface area contributed by atoms with Gasteiger partial charge in [-0.1, -0.05) is 36.4 Å². The molecule has 4 bridgehead atoms. The van der Waals surface area contributed by atoms with Crippen molar-refractivity contribution in [2.45, 2.75) is 13.1 Å². The van der Waals surface area contributed by atoms with E-state index < -0.39 is 0 Å². The molecule has 2 aromatic carbocycles. The minimum Gasteiger partial charge on any atom is -0.346 e. The second kappa shape index (κ2) is 8.52. The number of aromatic nitrogens is 2. The molecule has 178 valence electrons. The Labute approximate surface area is 204 Å². The van der Waals surface area contributed by atoms with Crippen molar-refractivity contribution in [3.8, 4) is 0 Å². The number of nitrogens with zero attached hydrogens (tertiary/aromatic N) is 4. The number of amides is 2. The lowest BCUT2D eigenvalue weighted by atomic mass is 9.95. The molecule has 2 aliphatic rings. The zero-order valence-electron chi connectivity index (χ0n) is 20.1. The fourth-order valence-electron chi connectivity index (χ4n) is 5.35. The number of likely N-dealkylation sites (N-methyl/N-ethyl adjacent to an activating group) is 2. The van der Waals surface area contributed by atoms with E-state index >= 15 is 0 Å². The highest BCUT2D eigenvalue weighted by molar-refractivity contribution is 6.50. The number of para-hydroxylation sites is 2. The summed E-state index contributed by atoms with van der Waals surface area (Å²) in [6, 6.07) is 16.3. The van der Waals surface area contributed by atoms with Gasteiger partial charge in [0.05, 0.1) is 11.1 Å². The highest BCUT2D eigenvalue weighted by Gasteiger charge is 2.35. The summed E-state index contributed by atoms with van der Waals surface area (Å²) in [4.78, 5) is 31.2. The summed E-state index contributed by atoms with van der Waals surface area (Å²) in [7, 11) is 4.30. The Hall–Kier alpha value is -3.68. The second-order valence-electron chi connectivity index (χ2n) is 9.65. The average Bonchev–Trinajstić information content (AvgIpc) is 3.50. The van der Waals surface area contributed by atoms with Crippen molar-refractivity contribution >= 4 is 44.8 Å². The molecular formula is C28H29N5O2.